The number of carbonyl (C=O) groups is 1. The topological polar surface area (TPSA) is 78.3 Å². The molecule has 0 aromatic carbocycles. The van der Waals surface area contributed by atoms with E-state index in [0.717, 1.165) is 0 Å². The fraction of sp³-hybridized carbons (Fsp3) is 0.250. The van der Waals surface area contributed by atoms with E-state index in [0.29, 0.717) is 0 Å². The zero-order chi connectivity index (χ0) is 6.57. The van der Waals surface area contributed by atoms with Gasteiger partial charge in [-0.25, -0.2) is 4.79 Å². The van der Waals surface area contributed by atoms with Crippen LogP contribution in [0.5, 0.6) is 0 Å². The van der Waals surface area contributed by atoms with Crippen LogP contribution < -0.4 is 11.6 Å². The number of carbonyl (C=O) groups excluding carboxylic acids is 1. The van der Waals surface area contributed by atoms with Gasteiger partial charge in [-0.3, -0.25) is 0 Å². The molecule has 0 saturated carbocycles. The second kappa shape index (κ2) is 19.5. The average Bonchev–Trinajstić information content (AvgIpc) is 1.84. The third kappa shape index (κ3) is 15.4. The summed E-state index contributed by atoms with van der Waals surface area (Å²) in [6.07, 6.45) is 1.41. The molecule has 0 aromatic rings. The predicted octanol–water partition coefficient (Wildman–Crippen LogP) is -3.33. The number of allylic oxidation sites excluding steroid dienone is 1. The quantitative estimate of drug-likeness (QED) is 0.271. The van der Waals surface area contributed by atoms with E-state index >= 15 is 0 Å². The van der Waals surface area contributed by atoms with Crippen molar-refractivity contribution in [2.75, 3.05) is 0 Å². The molecule has 0 heterocycles. The normalized spacial score (nSPS) is 7.33. The molecule has 0 atom stereocenters. The third-order valence-electron chi connectivity index (χ3n) is 0.654. The third-order valence-corrected chi connectivity index (χ3v) is 0.654. The molecule has 0 spiro atoms. The Hall–Kier alpha value is 2.97. The molecule has 4 N–H and O–H groups in total. The Labute approximate surface area is 161 Å². The molecular formula is C4H12N2Na4O2. The summed E-state index contributed by atoms with van der Waals surface area (Å²) in [5, 5.41) is 0. The van der Waals surface area contributed by atoms with Crippen molar-refractivity contribution in [3.63, 3.8) is 0 Å². The summed E-state index contributed by atoms with van der Waals surface area (Å²) in [4.78, 5) is 14.0. The molecule has 0 unspecified atom stereocenters. The van der Waals surface area contributed by atoms with Gasteiger partial charge in [-0.15, -0.1) is 0 Å². The van der Waals surface area contributed by atoms with Gasteiger partial charge in [0.1, 0.15) is 5.70 Å². The summed E-state index contributed by atoms with van der Waals surface area (Å²) in [5.74, 6) is 3.78. The summed E-state index contributed by atoms with van der Waals surface area (Å²) in [6.45, 7) is 1.62. The van der Waals surface area contributed by atoms with Gasteiger partial charge in [0.05, 0.1) is 0 Å². The summed E-state index contributed by atoms with van der Waals surface area (Å²) in [6, 6.07) is 0. The van der Waals surface area contributed by atoms with E-state index in [1.807, 2.05) is 0 Å². The maximum atomic E-state index is 10.2. The van der Waals surface area contributed by atoms with E-state index in [1.54, 1.807) is 6.92 Å². The van der Waals surface area contributed by atoms with Gasteiger partial charge < -0.3 is 10.6 Å². The number of rotatable bonds is 1. The van der Waals surface area contributed by atoms with Gasteiger partial charge in [-0.1, -0.05) is 6.08 Å². The summed E-state index contributed by atoms with van der Waals surface area (Å²) in [7, 11) is 0. The van der Waals surface area contributed by atoms with E-state index in [-0.39, 0.29) is 124 Å². The summed E-state index contributed by atoms with van der Waals surface area (Å²) >= 11 is 0. The molecule has 4 nitrogen and oxygen atoms in total. The Morgan fingerprint density at radius 2 is 1.58 bits per heavy atom. The molecule has 54 valence electrons. The van der Waals surface area contributed by atoms with Crippen LogP contribution >= 0.6 is 0 Å². The molecule has 0 aliphatic carbocycles. The fourth-order valence-electron chi connectivity index (χ4n) is 0.186. The number of hydrogen-bond acceptors (Lipinski definition) is 4. The maximum absolute atomic E-state index is 10.2. The Kier molecular flexibility index (Phi) is 47.8. The van der Waals surface area contributed by atoms with Crippen LogP contribution in [0, 0.1) is 0 Å². The van der Waals surface area contributed by atoms with Crippen LogP contribution in [0.2, 0.25) is 0 Å². The average molecular weight is 212 g/mol. The first kappa shape index (κ1) is 29.4. The molecule has 0 aromatic heterocycles. The molecule has 0 radical (unpaired) electrons. The molecule has 0 aliphatic rings. The second-order valence-corrected chi connectivity index (χ2v) is 1.15. The predicted molar refractivity (Wildman–Crippen MR) is 56.8 cm³/mol. The van der Waals surface area contributed by atoms with Crippen LogP contribution in [0.3, 0.4) is 0 Å². The Balaban J connectivity index is -0.0000000408. The van der Waals surface area contributed by atoms with E-state index in [4.69, 9.17) is 5.73 Å². The van der Waals surface area contributed by atoms with Crippen LogP contribution in [0.4, 0.5) is 0 Å². The molecule has 12 heavy (non-hydrogen) atoms. The van der Waals surface area contributed by atoms with Crippen molar-refractivity contribution in [3.05, 3.63) is 11.8 Å². The van der Waals surface area contributed by atoms with E-state index in [9.17, 15) is 4.79 Å². The monoisotopic (exact) mass is 212 g/mol. The zero-order valence-corrected chi connectivity index (χ0v) is 4.55. The molecule has 0 aliphatic heterocycles. The van der Waals surface area contributed by atoms with Crippen molar-refractivity contribution in [1.29, 1.82) is 0 Å². The fourth-order valence-corrected chi connectivity index (χ4v) is 0.186. The van der Waals surface area contributed by atoms with Crippen LogP contribution in [0.15, 0.2) is 11.8 Å². The van der Waals surface area contributed by atoms with Gasteiger partial charge in [0.25, 0.3) is 0 Å². The van der Waals surface area contributed by atoms with Crippen LogP contribution in [-0.4, -0.2) is 124 Å². The minimum absolute atomic E-state index is 0. The minimum atomic E-state index is -0.701. The van der Waals surface area contributed by atoms with Crippen LogP contribution in [0.1, 0.15) is 6.92 Å². The first-order valence-corrected chi connectivity index (χ1v) is 2.05. The molecule has 0 bridgehead atoms. The van der Waals surface area contributed by atoms with Crippen molar-refractivity contribution < 1.29 is 9.63 Å². The molecule has 8 heteroatoms. The van der Waals surface area contributed by atoms with Gasteiger partial charge in [-0.05, 0) is 6.92 Å². The molecule has 0 saturated heterocycles. The van der Waals surface area contributed by atoms with Crippen molar-refractivity contribution in [2.24, 2.45) is 11.6 Å². The Morgan fingerprint density at radius 1 is 1.25 bits per heavy atom. The van der Waals surface area contributed by atoms with Crippen molar-refractivity contribution >= 4 is 124 Å². The van der Waals surface area contributed by atoms with Gasteiger partial charge in [0.2, 0.25) is 0 Å². The SMILES string of the molecule is CC=C(N)C(=O)ON.[NaH].[NaH].[NaH].[NaH]. The number of hydrogen-bond donors (Lipinski definition) is 2. The Morgan fingerprint density at radius 3 is 1.67 bits per heavy atom. The van der Waals surface area contributed by atoms with E-state index in [1.165, 1.54) is 6.08 Å². The van der Waals surface area contributed by atoms with E-state index < -0.39 is 5.97 Å². The molecule has 0 rings (SSSR count). The van der Waals surface area contributed by atoms with Crippen molar-refractivity contribution in [2.45, 2.75) is 6.92 Å². The van der Waals surface area contributed by atoms with Crippen LogP contribution in [0.25, 0.3) is 0 Å². The van der Waals surface area contributed by atoms with Gasteiger partial charge in [0.15, 0.2) is 0 Å². The van der Waals surface area contributed by atoms with E-state index in [2.05, 4.69) is 10.7 Å². The molecular weight excluding hydrogens is 200 g/mol. The first-order valence-electron chi connectivity index (χ1n) is 2.05. The van der Waals surface area contributed by atoms with Gasteiger partial charge >= 0.3 is 124 Å². The zero-order valence-electron chi connectivity index (χ0n) is 4.55. The molecule has 0 fully saturated rings. The van der Waals surface area contributed by atoms with Crippen LogP contribution in [-0.2, 0) is 9.63 Å². The number of nitrogens with two attached hydrogens (primary N) is 2. The van der Waals surface area contributed by atoms with Crippen molar-refractivity contribution in [3.8, 4) is 0 Å². The summed E-state index contributed by atoms with van der Waals surface area (Å²) in [5.41, 5.74) is 5.05. The second-order valence-electron chi connectivity index (χ2n) is 1.15. The summed E-state index contributed by atoms with van der Waals surface area (Å²) < 4.78 is 0. The Bertz CT molecular complexity index is 130. The van der Waals surface area contributed by atoms with Gasteiger partial charge in [0, 0.05) is 0 Å². The van der Waals surface area contributed by atoms with Crippen molar-refractivity contribution in [1.82, 2.24) is 0 Å². The first-order chi connectivity index (χ1) is 3.72. The standard InChI is InChI=1S/C4H8N2O2.4Na.4H/c1-2-3(5)4(7)8-6;;;;;;;;/h2H,5-6H2,1H3;;;;;;;;. The van der Waals surface area contributed by atoms with Gasteiger partial charge in [-0.2, -0.15) is 5.90 Å². The molecule has 0 amide bonds.